The Labute approximate surface area is 207 Å². The fourth-order valence-corrected chi connectivity index (χ4v) is 4.57. The normalized spacial score (nSPS) is 22.3. The third kappa shape index (κ3) is 7.29. The van der Waals surface area contributed by atoms with Crippen molar-refractivity contribution in [1.82, 2.24) is 20.0 Å². The van der Waals surface area contributed by atoms with Crippen LogP contribution in [-0.2, 0) is 11.3 Å². The summed E-state index contributed by atoms with van der Waals surface area (Å²) in [6.45, 7) is 10.3. The number of nitrogens with zero attached hydrogens (tertiary/aromatic N) is 5. The Hall–Kier alpha value is -1.95. The first-order valence-electron chi connectivity index (χ1n) is 11.0. The highest BCUT2D eigenvalue weighted by atomic mass is 127. The molecule has 2 aliphatic heterocycles. The molecule has 0 aromatic heterocycles. The number of rotatable bonds is 5. The molecule has 10 heteroatoms. The molecule has 2 atom stereocenters. The van der Waals surface area contributed by atoms with Crippen molar-refractivity contribution < 1.29 is 9.72 Å². The Balaban J connectivity index is 0.00000363. The van der Waals surface area contributed by atoms with Gasteiger partial charge < -0.3 is 15.1 Å². The number of carbonyl (C=O) groups is 1. The number of non-ortho nitro benzene ring substituents is 1. The van der Waals surface area contributed by atoms with E-state index in [4.69, 9.17) is 0 Å². The molecule has 2 unspecified atom stereocenters. The highest BCUT2D eigenvalue weighted by molar-refractivity contribution is 14.0. The summed E-state index contributed by atoms with van der Waals surface area (Å²) in [4.78, 5) is 34.1. The van der Waals surface area contributed by atoms with E-state index in [2.05, 4.69) is 34.0 Å². The lowest BCUT2D eigenvalue weighted by atomic mass is 9.92. The second kappa shape index (κ2) is 12.3. The van der Waals surface area contributed by atoms with Gasteiger partial charge in [0, 0.05) is 65.0 Å². The lowest BCUT2D eigenvalue weighted by Gasteiger charge is -2.39. The SMILES string of the molecule is CN=C(NCc1cccc([N+](=O)[O-])c1)N1CCN(CC(=O)N2CC(C)CC(C)C2)CC1.I. The molecule has 2 saturated heterocycles. The zero-order valence-corrected chi connectivity index (χ0v) is 21.5. The smallest absolute Gasteiger partial charge is 0.269 e. The van der Waals surface area contributed by atoms with Gasteiger partial charge in [-0.05, 0) is 23.8 Å². The van der Waals surface area contributed by atoms with E-state index < -0.39 is 0 Å². The van der Waals surface area contributed by atoms with Crippen molar-refractivity contribution >= 4 is 41.5 Å². The first kappa shape index (κ1) is 26.3. The molecular weight excluding hydrogens is 523 g/mol. The van der Waals surface area contributed by atoms with Crippen LogP contribution in [0.25, 0.3) is 0 Å². The monoisotopic (exact) mass is 558 g/mol. The fourth-order valence-electron chi connectivity index (χ4n) is 4.57. The standard InChI is InChI=1S/C22H34N6O3.HI/c1-17-11-18(2)15-27(14-17)21(29)16-25-7-9-26(10-8-25)22(23-3)24-13-19-5-4-6-20(12-19)28(30)31;/h4-6,12,17-18H,7-11,13-16H2,1-3H3,(H,23,24);1H. The van der Waals surface area contributed by atoms with Crippen LogP contribution >= 0.6 is 24.0 Å². The van der Waals surface area contributed by atoms with Crippen LogP contribution in [0, 0.1) is 22.0 Å². The van der Waals surface area contributed by atoms with Gasteiger partial charge in [0.05, 0.1) is 11.5 Å². The van der Waals surface area contributed by atoms with E-state index in [1.165, 1.54) is 12.5 Å². The number of carbonyl (C=O) groups excluding carboxylic acids is 1. The molecule has 32 heavy (non-hydrogen) atoms. The topological polar surface area (TPSA) is 94.3 Å². The summed E-state index contributed by atoms with van der Waals surface area (Å²) < 4.78 is 0. The molecule has 1 amide bonds. The maximum atomic E-state index is 12.8. The van der Waals surface area contributed by atoms with Crippen LogP contribution in [0.15, 0.2) is 29.3 Å². The molecule has 2 fully saturated rings. The Kier molecular flexibility index (Phi) is 10.1. The maximum Gasteiger partial charge on any atom is 0.269 e. The third-order valence-electron chi connectivity index (χ3n) is 6.04. The van der Waals surface area contributed by atoms with E-state index in [-0.39, 0.29) is 40.5 Å². The number of nitro benzene ring substituents is 1. The summed E-state index contributed by atoms with van der Waals surface area (Å²) in [6.07, 6.45) is 1.20. The summed E-state index contributed by atoms with van der Waals surface area (Å²) in [5.41, 5.74) is 0.926. The van der Waals surface area contributed by atoms with Crippen molar-refractivity contribution in [3.63, 3.8) is 0 Å². The molecule has 0 spiro atoms. The summed E-state index contributed by atoms with van der Waals surface area (Å²) >= 11 is 0. The third-order valence-corrected chi connectivity index (χ3v) is 6.04. The lowest BCUT2D eigenvalue weighted by molar-refractivity contribution is -0.384. The number of hydrogen-bond acceptors (Lipinski definition) is 5. The van der Waals surface area contributed by atoms with Gasteiger partial charge in [-0.1, -0.05) is 26.0 Å². The molecule has 178 valence electrons. The minimum absolute atomic E-state index is 0. The average molecular weight is 558 g/mol. The molecule has 2 aliphatic rings. The van der Waals surface area contributed by atoms with Crippen molar-refractivity contribution in [2.45, 2.75) is 26.8 Å². The number of guanidine groups is 1. The van der Waals surface area contributed by atoms with E-state index >= 15 is 0 Å². The minimum atomic E-state index is -0.385. The van der Waals surface area contributed by atoms with E-state index in [0.717, 1.165) is 50.8 Å². The van der Waals surface area contributed by atoms with Gasteiger partial charge in [-0.25, -0.2) is 0 Å². The average Bonchev–Trinajstić information content (AvgIpc) is 2.74. The van der Waals surface area contributed by atoms with E-state index in [1.54, 1.807) is 19.2 Å². The summed E-state index contributed by atoms with van der Waals surface area (Å²) in [5.74, 6) is 2.16. The van der Waals surface area contributed by atoms with Crippen LogP contribution in [0.5, 0.6) is 0 Å². The largest absolute Gasteiger partial charge is 0.352 e. The first-order valence-corrected chi connectivity index (χ1v) is 11.0. The van der Waals surface area contributed by atoms with Crippen LogP contribution in [0.4, 0.5) is 5.69 Å². The van der Waals surface area contributed by atoms with Crippen molar-refractivity contribution in [2.24, 2.45) is 16.8 Å². The van der Waals surface area contributed by atoms with Crippen molar-refractivity contribution in [1.29, 1.82) is 0 Å². The quantitative estimate of drug-likeness (QED) is 0.196. The molecule has 1 N–H and O–H groups in total. The van der Waals surface area contributed by atoms with Crippen LogP contribution < -0.4 is 5.32 Å². The summed E-state index contributed by atoms with van der Waals surface area (Å²) in [6, 6.07) is 6.62. The number of halogens is 1. The molecule has 1 aromatic rings. The molecule has 3 rings (SSSR count). The molecule has 0 saturated carbocycles. The highest BCUT2D eigenvalue weighted by Gasteiger charge is 2.28. The Morgan fingerprint density at radius 1 is 1.16 bits per heavy atom. The number of nitro groups is 1. The second-order valence-electron chi connectivity index (χ2n) is 8.84. The van der Waals surface area contributed by atoms with Gasteiger partial charge in [0.1, 0.15) is 0 Å². The highest BCUT2D eigenvalue weighted by Crippen LogP contribution is 2.21. The van der Waals surface area contributed by atoms with Gasteiger partial charge in [-0.15, -0.1) is 24.0 Å². The van der Waals surface area contributed by atoms with E-state index in [1.807, 2.05) is 11.0 Å². The van der Waals surface area contributed by atoms with Crippen molar-refractivity contribution in [3.05, 3.63) is 39.9 Å². The number of piperidine rings is 1. The molecular formula is C22H35IN6O3. The summed E-state index contributed by atoms with van der Waals surface area (Å²) in [5, 5.41) is 14.3. The Morgan fingerprint density at radius 2 is 1.81 bits per heavy atom. The second-order valence-corrected chi connectivity index (χ2v) is 8.84. The number of amides is 1. The summed E-state index contributed by atoms with van der Waals surface area (Å²) in [7, 11) is 1.74. The van der Waals surface area contributed by atoms with Gasteiger partial charge >= 0.3 is 0 Å². The van der Waals surface area contributed by atoms with Crippen molar-refractivity contribution in [2.75, 3.05) is 52.9 Å². The van der Waals surface area contributed by atoms with Gasteiger partial charge in [0.2, 0.25) is 5.91 Å². The van der Waals surface area contributed by atoms with Crippen LogP contribution in [0.1, 0.15) is 25.8 Å². The number of hydrogen-bond donors (Lipinski definition) is 1. The number of piperazine rings is 1. The van der Waals surface area contributed by atoms with Crippen LogP contribution in [0.2, 0.25) is 0 Å². The molecule has 0 aliphatic carbocycles. The zero-order chi connectivity index (χ0) is 22.4. The van der Waals surface area contributed by atoms with Gasteiger partial charge in [0.25, 0.3) is 5.69 Å². The fraction of sp³-hybridized carbons (Fsp3) is 0.636. The van der Waals surface area contributed by atoms with Crippen LogP contribution in [0.3, 0.4) is 0 Å². The minimum Gasteiger partial charge on any atom is -0.352 e. The van der Waals surface area contributed by atoms with Gasteiger partial charge in [-0.2, -0.15) is 0 Å². The predicted octanol–water partition coefficient (Wildman–Crippen LogP) is 2.41. The van der Waals surface area contributed by atoms with E-state index in [0.29, 0.717) is 24.9 Å². The lowest BCUT2D eigenvalue weighted by Crippen LogP contribution is -2.55. The predicted molar refractivity (Wildman–Crippen MR) is 136 cm³/mol. The Bertz CT molecular complexity index is 803. The molecule has 9 nitrogen and oxygen atoms in total. The maximum absolute atomic E-state index is 12.8. The van der Waals surface area contributed by atoms with Crippen molar-refractivity contribution in [3.8, 4) is 0 Å². The Morgan fingerprint density at radius 3 is 2.41 bits per heavy atom. The number of nitrogens with one attached hydrogen (secondary N) is 1. The molecule has 2 heterocycles. The van der Waals surface area contributed by atoms with Gasteiger partial charge in [0.15, 0.2) is 5.96 Å². The molecule has 0 radical (unpaired) electrons. The first-order chi connectivity index (χ1) is 14.9. The van der Waals surface area contributed by atoms with Crippen LogP contribution in [-0.4, -0.2) is 84.4 Å². The zero-order valence-electron chi connectivity index (χ0n) is 19.2. The van der Waals surface area contributed by atoms with Gasteiger partial charge in [-0.3, -0.25) is 24.8 Å². The number of aliphatic imine (C=N–C) groups is 1. The number of likely N-dealkylation sites (tertiary alicyclic amines) is 1. The molecule has 0 bridgehead atoms. The number of benzene rings is 1. The molecule has 1 aromatic carbocycles. The van der Waals surface area contributed by atoms with E-state index in [9.17, 15) is 14.9 Å².